The fraction of sp³-hybridized carbons (Fsp3) is 0.353. The smallest absolute Gasteiger partial charge is 0.252 e. The van der Waals surface area contributed by atoms with Gasteiger partial charge in [-0.25, -0.2) is 0 Å². The number of amides is 1. The molecule has 3 atom stereocenters. The van der Waals surface area contributed by atoms with Gasteiger partial charge < -0.3 is 10.1 Å². The molecule has 1 heterocycles. The molecule has 1 aliphatic heterocycles. The van der Waals surface area contributed by atoms with E-state index < -0.39 is 0 Å². The van der Waals surface area contributed by atoms with Crippen LogP contribution >= 0.6 is 0 Å². The minimum Gasteiger partial charge on any atom is -0.378 e. The number of hydrogen-bond acceptors (Lipinski definition) is 2. The van der Waals surface area contributed by atoms with E-state index in [2.05, 4.69) is 5.32 Å². The lowest BCUT2D eigenvalue weighted by Gasteiger charge is -2.39. The molecule has 0 radical (unpaired) electrons. The predicted molar refractivity (Wildman–Crippen MR) is 77.7 cm³/mol. The summed E-state index contributed by atoms with van der Waals surface area (Å²) in [5, 5.41) is 5.30. The Bertz CT molecular complexity index is 662. The largest absolute Gasteiger partial charge is 0.378 e. The maximum Gasteiger partial charge on any atom is 0.252 e. The van der Waals surface area contributed by atoms with Crippen LogP contribution in [0.25, 0.3) is 10.8 Å². The molecule has 3 heteroatoms. The summed E-state index contributed by atoms with van der Waals surface area (Å²) in [5.74, 6) is 0.561. The summed E-state index contributed by atoms with van der Waals surface area (Å²) in [4.78, 5) is 12.5. The SMILES string of the molecule is O=C(N[C@H]1C[C@@H]2OCC[C@H]12)c1cccc2ccccc12. The monoisotopic (exact) mass is 267 g/mol. The van der Waals surface area contributed by atoms with E-state index in [1.807, 2.05) is 42.5 Å². The molecular weight excluding hydrogens is 250 g/mol. The molecule has 1 saturated heterocycles. The van der Waals surface area contributed by atoms with Crippen LogP contribution in [-0.4, -0.2) is 24.7 Å². The summed E-state index contributed by atoms with van der Waals surface area (Å²) in [6.45, 7) is 0.843. The Kier molecular flexibility index (Phi) is 2.74. The molecule has 0 bridgehead atoms. The van der Waals surface area contributed by atoms with Crippen molar-refractivity contribution >= 4 is 16.7 Å². The average Bonchev–Trinajstić information content (AvgIpc) is 2.85. The van der Waals surface area contributed by atoms with E-state index in [0.717, 1.165) is 35.8 Å². The zero-order chi connectivity index (χ0) is 13.5. The molecular formula is C17H17NO2. The van der Waals surface area contributed by atoms with Crippen molar-refractivity contribution < 1.29 is 9.53 Å². The molecule has 20 heavy (non-hydrogen) atoms. The third kappa shape index (κ3) is 1.81. The van der Waals surface area contributed by atoms with Gasteiger partial charge in [0.05, 0.1) is 6.10 Å². The number of fused-ring (bicyclic) bond motifs is 2. The first kappa shape index (κ1) is 11.9. The van der Waals surface area contributed by atoms with E-state index in [9.17, 15) is 4.79 Å². The van der Waals surface area contributed by atoms with Gasteiger partial charge in [0, 0.05) is 24.1 Å². The van der Waals surface area contributed by atoms with Gasteiger partial charge in [0.1, 0.15) is 0 Å². The highest BCUT2D eigenvalue weighted by molar-refractivity contribution is 6.07. The minimum atomic E-state index is 0.0390. The van der Waals surface area contributed by atoms with Crippen molar-refractivity contribution in [2.45, 2.75) is 25.0 Å². The highest BCUT2D eigenvalue weighted by atomic mass is 16.5. The van der Waals surface area contributed by atoms with E-state index in [1.165, 1.54) is 0 Å². The molecule has 4 rings (SSSR count). The van der Waals surface area contributed by atoms with E-state index in [0.29, 0.717) is 12.0 Å². The second-order valence-corrected chi connectivity index (χ2v) is 5.70. The maximum atomic E-state index is 12.5. The second-order valence-electron chi connectivity index (χ2n) is 5.70. The molecule has 102 valence electrons. The van der Waals surface area contributed by atoms with Gasteiger partial charge in [0.25, 0.3) is 5.91 Å². The Hall–Kier alpha value is -1.87. The molecule has 2 aromatic rings. The third-order valence-corrected chi connectivity index (χ3v) is 4.61. The van der Waals surface area contributed by atoms with Crippen molar-refractivity contribution in [2.75, 3.05) is 6.61 Å². The van der Waals surface area contributed by atoms with Gasteiger partial charge in [-0.3, -0.25) is 4.79 Å². The third-order valence-electron chi connectivity index (χ3n) is 4.61. The van der Waals surface area contributed by atoms with Gasteiger partial charge in [0.15, 0.2) is 0 Å². The molecule has 1 N–H and O–H groups in total. The predicted octanol–water partition coefficient (Wildman–Crippen LogP) is 2.75. The van der Waals surface area contributed by atoms with Crippen LogP contribution in [0.2, 0.25) is 0 Å². The Balaban J connectivity index is 1.58. The van der Waals surface area contributed by atoms with Crippen molar-refractivity contribution in [1.29, 1.82) is 0 Å². The van der Waals surface area contributed by atoms with Gasteiger partial charge in [-0.1, -0.05) is 36.4 Å². The zero-order valence-corrected chi connectivity index (χ0v) is 11.2. The van der Waals surface area contributed by atoms with Crippen LogP contribution in [0.3, 0.4) is 0 Å². The van der Waals surface area contributed by atoms with Crippen LogP contribution in [0.1, 0.15) is 23.2 Å². The van der Waals surface area contributed by atoms with E-state index in [-0.39, 0.29) is 11.9 Å². The zero-order valence-electron chi connectivity index (χ0n) is 11.2. The standard InChI is InChI=1S/C17H17NO2/c19-17(18-15-10-16-14(15)8-9-20-16)13-7-3-5-11-4-1-2-6-12(11)13/h1-7,14-16H,8-10H2,(H,18,19)/t14-,15+,16+/m1/s1. The highest BCUT2D eigenvalue weighted by Gasteiger charge is 2.45. The number of benzene rings is 2. The van der Waals surface area contributed by atoms with Crippen LogP contribution in [0.15, 0.2) is 42.5 Å². The van der Waals surface area contributed by atoms with Gasteiger partial charge in [-0.15, -0.1) is 0 Å². The Labute approximate surface area is 117 Å². The molecule has 0 spiro atoms. The number of carbonyl (C=O) groups excluding carboxylic acids is 1. The molecule has 1 saturated carbocycles. The van der Waals surface area contributed by atoms with Crippen molar-refractivity contribution in [1.82, 2.24) is 5.32 Å². The maximum absolute atomic E-state index is 12.5. The quantitative estimate of drug-likeness (QED) is 0.908. The molecule has 2 fully saturated rings. The Morgan fingerprint density at radius 1 is 1.15 bits per heavy atom. The van der Waals surface area contributed by atoms with Crippen molar-refractivity contribution in [3.8, 4) is 0 Å². The molecule has 3 nitrogen and oxygen atoms in total. The van der Waals surface area contributed by atoms with Gasteiger partial charge in [-0.2, -0.15) is 0 Å². The Morgan fingerprint density at radius 3 is 2.90 bits per heavy atom. The number of ether oxygens (including phenoxy) is 1. The van der Waals surface area contributed by atoms with E-state index >= 15 is 0 Å². The minimum absolute atomic E-state index is 0.0390. The van der Waals surface area contributed by atoms with Crippen LogP contribution in [0.4, 0.5) is 0 Å². The van der Waals surface area contributed by atoms with Crippen molar-refractivity contribution in [3.05, 3.63) is 48.0 Å². The lowest BCUT2D eigenvalue weighted by atomic mass is 9.76. The fourth-order valence-corrected chi connectivity index (χ4v) is 3.43. The molecule has 0 aromatic heterocycles. The van der Waals surface area contributed by atoms with Crippen LogP contribution in [0.5, 0.6) is 0 Å². The summed E-state index contributed by atoms with van der Waals surface area (Å²) < 4.78 is 5.59. The summed E-state index contributed by atoms with van der Waals surface area (Å²) in [7, 11) is 0. The molecule has 2 aliphatic rings. The molecule has 1 aliphatic carbocycles. The molecule has 1 amide bonds. The first-order chi connectivity index (χ1) is 9.83. The van der Waals surface area contributed by atoms with E-state index in [4.69, 9.17) is 4.74 Å². The number of carbonyl (C=O) groups is 1. The van der Waals surface area contributed by atoms with Gasteiger partial charge in [0.2, 0.25) is 0 Å². The van der Waals surface area contributed by atoms with Crippen LogP contribution < -0.4 is 5.32 Å². The fourth-order valence-electron chi connectivity index (χ4n) is 3.43. The van der Waals surface area contributed by atoms with Crippen molar-refractivity contribution in [2.24, 2.45) is 5.92 Å². The summed E-state index contributed by atoms with van der Waals surface area (Å²) in [6.07, 6.45) is 2.42. The lowest BCUT2D eigenvalue weighted by Crippen LogP contribution is -2.53. The van der Waals surface area contributed by atoms with Crippen LogP contribution in [0, 0.1) is 5.92 Å². The first-order valence-electron chi connectivity index (χ1n) is 7.23. The topological polar surface area (TPSA) is 38.3 Å². The number of hydrogen-bond donors (Lipinski definition) is 1. The molecule has 2 aromatic carbocycles. The lowest BCUT2D eigenvalue weighted by molar-refractivity contribution is 0.00812. The summed E-state index contributed by atoms with van der Waals surface area (Å²) in [6, 6.07) is 14.2. The second kappa shape index (κ2) is 4.60. The number of rotatable bonds is 2. The molecule has 0 unspecified atom stereocenters. The van der Waals surface area contributed by atoms with E-state index in [1.54, 1.807) is 0 Å². The normalized spacial score (nSPS) is 27.9. The van der Waals surface area contributed by atoms with Crippen molar-refractivity contribution in [3.63, 3.8) is 0 Å². The summed E-state index contributed by atoms with van der Waals surface area (Å²) in [5.41, 5.74) is 0.769. The highest BCUT2D eigenvalue weighted by Crippen LogP contribution is 2.38. The summed E-state index contributed by atoms with van der Waals surface area (Å²) >= 11 is 0. The van der Waals surface area contributed by atoms with Gasteiger partial charge in [-0.05, 0) is 29.7 Å². The first-order valence-corrected chi connectivity index (χ1v) is 7.23. The Morgan fingerprint density at radius 2 is 2.00 bits per heavy atom. The van der Waals surface area contributed by atoms with Crippen LogP contribution in [-0.2, 0) is 4.74 Å². The number of nitrogens with one attached hydrogen (secondary N) is 1. The average molecular weight is 267 g/mol. The van der Waals surface area contributed by atoms with Gasteiger partial charge >= 0.3 is 0 Å².